The Balaban J connectivity index is 1.79. The normalized spacial score (nSPS) is 43.5. The van der Waals surface area contributed by atoms with Crippen LogP contribution in [0, 0.1) is 22.7 Å². The van der Waals surface area contributed by atoms with Crippen LogP contribution >= 0.6 is 15.9 Å². The Morgan fingerprint density at radius 3 is 2.56 bits per heavy atom. The van der Waals surface area contributed by atoms with E-state index in [1.54, 1.807) is 0 Å². The quantitative estimate of drug-likeness (QED) is 0.377. The summed E-state index contributed by atoms with van der Waals surface area (Å²) in [5.41, 5.74) is -2.92. The van der Waals surface area contributed by atoms with Gasteiger partial charge in [-0.2, -0.15) is 0 Å². The molecular weight excluding hydrogens is 535 g/mol. The third kappa shape index (κ3) is 3.74. The third-order valence-electron chi connectivity index (χ3n) is 9.74. The second kappa shape index (κ2) is 9.29. The highest BCUT2D eigenvalue weighted by Gasteiger charge is 2.75. The van der Waals surface area contributed by atoms with Crippen LogP contribution in [0.2, 0.25) is 0 Å². The van der Waals surface area contributed by atoms with Crippen molar-refractivity contribution in [3.05, 3.63) is 11.6 Å². The summed E-state index contributed by atoms with van der Waals surface area (Å²) in [7, 11) is 0. The van der Waals surface area contributed by atoms with Gasteiger partial charge in [0.05, 0.1) is 10.4 Å². The van der Waals surface area contributed by atoms with Gasteiger partial charge in [0.25, 0.3) is 0 Å². The number of hydrogen-bond acceptors (Lipinski definition) is 7. The van der Waals surface area contributed by atoms with Gasteiger partial charge in [0.2, 0.25) is 5.78 Å². The van der Waals surface area contributed by atoms with E-state index in [4.69, 9.17) is 9.47 Å². The molecule has 9 heteroatoms. The van der Waals surface area contributed by atoms with Crippen LogP contribution in [-0.2, 0) is 28.7 Å². The van der Waals surface area contributed by atoms with Crippen LogP contribution in [-0.4, -0.2) is 57.4 Å². The Morgan fingerprint density at radius 2 is 1.92 bits per heavy atom. The molecule has 1 N–H and O–H groups in total. The number of rotatable bonds is 6. The highest BCUT2D eigenvalue weighted by molar-refractivity contribution is 9.10. The first kappa shape index (κ1) is 27.4. The minimum absolute atomic E-state index is 0.0917. The lowest BCUT2D eigenvalue weighted by molar-refractivity contribution is -0.199. The van der Waals surface area contributed by atoms with Crippen molar-refractivity contribution in [1.29, 1.82) is 0 Å². The summed E-state index contributed by atoms with van der Waals surface area (Å²) < 4.78 is 25.8. The highest BCUT2D eigenvalue weighted by atomic mass is 79.9. The van der Waals surface area contributed by atoms with Gasteiger partial charge in [0.15, 0.2) is 18.0 Å². The maximum Gasteiger partial charge on any atom is 0.306 e. The molecule has 0 radical (unpaired) electrons. The maximum atomic E-state index is 15.7. The van der Waals surface area contributed by atoms with Crippen molar-refractivity contribution in [1.82, 2.24) is 0 Å². The van der Waals surface area contributed by atoms with Crippen LogP contribution in [0.4, 0.5) is 4.39 Å². The lowest BCUT2D eigenvalue weighted by atomic mass is 9.45. The van der Waals surface area contributed by atoms with Gasteiger partial charge in [-0.25, -0.2) is 4.39 Å². The number of alkyl halides is 2. The Kier molecular flexibility index (Phi) is 7.08. The van der Waals surface area contributed by atoms with Crippen LogP contribution in [0.25, 0.3) is 0 Å². The smallest absolute Gasteiger partial charge is 0.306 e. The fourth-order valence-corrected chi connectivity index (χ4v) is 9.06. The maximum absolute atomic E-state index is 15.7. The Labute approximate surface area is 219 Å². The average molecular weight is 571 g/mol. The van der Waals surface area contributed by atoms with Crippen molar-refractivity contribution in [3.63, 3.8) is 0 Å². The van der Waals surface area contributed by atoms with E-state index in [9.17, 15) is 24.3 Å². The molecule has 36 heavy (non-hydrogen) atoms. The molecule has 4 rings (SSSR count). The molecular formula is C27H36BrFO7. The molecule has 4 aliphatic rings. The molecule has 0 spiro atoms. The standard InChI is InChI=1S/C27H36BrFO7/c1-5-6-23(34)36-26(22(33)14-35-15(2)30)10-8-17-18-12-20(29)19-11-16(31)7-9-24(19,3)27(18,28)21(32)13-25(17,26)4/h11,17-18,20-21,32H,5-10,12-14H2,1-4H3/t17-,18-,20-,21-,24-,25-,26-,27-/m0/s1. The SMILES string of the molecule is CCCC(=O)O[C@]1(C(=O)COC(C)=O)CC[C@H]2[C@@H]3C[C@H](F)C4=CC(=O)CC[C@]4(C)[C@@]3(Br)[C@@H](O)C[C@@]21C. The number of Topliss-reactive ketones (excluding diaryl/α,β-unsaturated/α-hetero) is 1. The lowest BCUT2D eigenvalue weighted by Crippen LogP contribution is -2.70. The molecule has 200 valence electrons. The molecule has 0 bridgehead atoms. The molecule has 0 aromatic heterocycles. The highest BCUT2D eigenvalue weighted by Crippen LogP contribution is 2.72. The van der Waals surface area contributed by atoms with E-state index in [2.05, 4.69) is 15.9 Å². The molecule has 8 atom stereocenters. The molecule has 0 aliphatic heterocycles. The number of fused-ring (bicyclic) bond motifs is 5. The van der Waals surface area contributed by atoms with E-state index in [0.717, 1.165) is 0 Å². The van der Waals surface area contributed by atoms with Gasteiger partial charge >= 0.3 is 11.9 Å². The van der Waals surface area contributed by atoms with E-state index in [1.807, 2.05) is 20.8 Å². The zero-order valence-electron chi connectivity index (χ0n) is 21.4. The molecule has 0 aromatic rings. The number of ether oxygens (including phenoxy) is 2. The zero-order chi connectivity index (χ0) is 26.7. The topological polar surface area (TPSA) is 107 Å². The first-order chi connectivity index (χ1) is 16.8. The number of aliphatic hydroxyl groups is 1. The van der Waals surface area contributed by atoms with Crippen LogP contribution in [0.1, 0.15) is 79.1 Å². The summed E-state index contributed by atoms with van der Waals surface area (Å²) in [5.74, 6) is -2.36. The van der Waals surface area contributed by atoms with E-state index >= 15 is 4.39 Å². The Morgan fingerprint density at radius 1 is 1.22 bits per heavy atom. The monoisotopic (exact) mass is 570 g/mol. The van der Waals surface area contributed by atoms with Gasteiger partial charge in [-0.05, 0) is 62.0 Å². The van der Waals surface area contributed by atoms with E-state index in [0.29, 0.717) is 24.8 Å². The number of esters is 2. The number of aliphatic hydroxyl groups excluding tert-OH is 1. The number of carbonyl (C=O) groups excluding carboxylic acids is 4. The molecule has 0 amide bonds. The van der Waals surface area contributed by atoms with Gasteiger partial charge in [-0.15, -0.1) is 0 Å². The van der Waals surface area contributed by atoms with E-state index < -0.39 is 57.4 Å². The van der Waals surface area contributed by atoms with E-state index in [-0.39, 0.29) is 49.7 Å². The second-order valence-electron chi connectivity index (χ2n) is 11.5. The third-order valence-corrected chi connectivity index (χ3v) is 11.7. The number of allylic oxidation sites excluding steroid dienone is 1. The first-order valence-corrected chi connectivity index (χ1v) is 13.7. The Bertz CT molecular complexity index is 1010. The number of carbonyl (C=O) groups is 4. The number of halogens is 2. The van der Waals surface area contributed by atoms with Crippen molar-refractivity contribution in [2.75, 3.05) is 6.61 Å². The molecule has 0 aromatic carbocycles. The Hall–Kier alpha value is -1.61. The van der Waals surface area contributed by atoms with Crippen LogP contribution in [0.15, 0.2) is 11.6 Å². The average Bonchev–Trinajstić information content (AvgIpc) is 3.08. The summed E-state index contributed by atoms with van der Waals surface area (Å²) in [6, 6.07) is 0. The molecule has 0 heterocycles. The molecule has 3 saturated carbocycles. The van der Waals surface area contributed by atoms with Crippen LogP contribution in [0.5, 0.6) is 0 Å². The van der Waals surface area contributed by atoms with Gasteiger partial charge < -0.3 is 14.6 Å². The van der Waals surface area contributed by atoms with Crippen molar-refractivity contribution in [2.24, 2.45) is 22.7 Å². The fourth-order valence-electron chi connectivity index (χ4n) is 7.96. The summed E-state index contributed by atoms with van der Waals surface area (Å²) in [6.45, 7) is 6.27. The van der Waals surface area contributed by atoms with Crippen molar-refractivity contribution in [3.8, 4) is 0 Å². The summed E-state index contributed by atoms with van der Waals surface area (Å²) in [5, 5.41) is 11.8. The largest absolute Gasteiger partial charge is 0.458 e. The van der Waals surface area contributed by atoms with Gasteiger partial charge in [0, 0.05) is 30.6 Å². The lowest BCUT2D eigenvalue weighted by Gasteiger charge is -2.65. The summed E-state index contributed by atoms with van der Waals surface area (Å²) in [4.78, 5) is 50.0. The minimum atomic E-state index is -1.58. The molecule has 7 nitrogen and oxygen atoms in total. The molecule has 4 aliphatic carbocycles. The minimum Gasteiger partial charge on any atom is -0.458 e. The predicted octanol–water partition coefficient (Wildman–Crippen LogP) is 4.17. The van der Waals surface area contributed by atoms with Crippen molar-refractivity contribution in [2.45, 2.75) is 101 Å². The molecule has 3 fully saturated rings. The van der Waals surface area contributed by atoms with Crippen LogP contribution < -0.4 is 0 Å². The van der Waals surface area contributed by atoms with Gasteiger partial charge in [-0.1, -0.05) is 36.7 Å². The summed E-state index contributed by atoms with van der Waals surface area (Å²) in [6.07, 6.45) is 1.37. The van der Waals surface area contributed by atoms with Crippen LogP contribution in [0.3, 0.4) is 0 Å². The first-order valence-electron chi connectivity index (χ1n) is 12.9. The van der Waals surface area contributed by atoms with Gasteiger partial charge in [-0.3, -0.25) is 19.2 Å². The molecule has 0 saturated heterocycles. The predicted molar refractivity (Wildman–Crippen MR) is 132 cm³/mol. The second-order valence-corrected chi connectivity index (χ2v) is 12.8. The molecule has 0 unspecified atom stereocenters. The summed E-state index contributed by atoms with van der Waals surface area (Å²) >= 11 is 3.91. The van der Waals surface area contributed by atoms with Gasteiger partial charge in [0.1, 0.15) is 6.17 Å². The number of hydrogen-bond donors (Lipinski definition) is 1. The van der Waals surface area contributed by atoms with E-state index in [1.165, 1.54) is 13.0 Å². The van der Waals surface area contributed by atoms with Crippen molar-refractivity contribution < 1.29 is 38.1 Å². The van der Waals surface area contributed by atoms with Crippen molar-refractivity contribution >= 4 is 39.4 Å². The number of ketones is 2. The fraction of sp³-hybridized carbons (Fsp3) is 0.778. The zero-order valence-corrected chi connectivity index (χ0v) is 23.0.